The maximum absolute atomic E-state index is 12.0. The number of hydrogen-bond donors (Lipinski definition) is 0. The SMILES string of the molecule is O=C(C[C@@H]1C=CCC1)OCc1cc(=O)n2cc(Br)ccc2n1. The summed E-state index contributed by atoms with van der Waals surface area (Å²) in [5, 5.41) is 0. The molecule has 0 saturated heterocycles. The number of esters is 1. The quantitative estimate of drug-likeness (QED) is 0.619. The van der Waals surface area contributed by atoms with Gasteiger partial charge in [0.2, 0.25) is 0 Å². The number of halogens is 1. The van der Waals surface area contributed by atoms with Crippen LogP contribution < -0.4 is 5.56 Å². The first kappa shape index (κ1) is 15.0. The van der Waals surface area contributed by atoms with Crippen LogP contribution in [0.1, 0.15) is 25.0 Å². The summed E-state index contributed by atoms with van der Waals surface area (Å²) in [4.78, 5) is 28.2. The second-order valence-electron chi connectivity index (χ2n) is 5.29. The van der Waals surface area contributed by atoms with Gasteiger partial charge in [0.05, 0.1) is 12.1 Å². The maximum Gasteiger partial charge on any atom is 0.306 e. The lowest BCUT2D eigenvalue weighted by Gasteiger charge is -2.08. The Balaban J connectivity index is 1.68. The molecule has 2 aromatic rings. The van der Waals surface area contributed by atoms with Gasteiger partial charge in [-0.25, -0.2) is 4.98 Å². The van der Waals surface area contributed by atoms with Crippen molar-refractivity contribution in [3.05, 3.63) is 57.1 Å². The molecule has 1 aliphatic carbocycles. The molecule has 114 valence electrons. The molecule has 0 aromatic carbocycles. The largest absolute Gasteiger partial charge is 0.459 e. The van der Waals surface area contributed by atoms with Crippen LogP contribution in [0.2, 0.25) is 0 Å². The number of aromatic nitrogens is 2. The molecule has 0 spiro atoms. The monoisotopic (exact) mass is 362 g/mol. The topological polar surface area (TPSA) is 60.7 Å². The van der Waals surface area contributed by atoms with Gasteiger partial charge in [0.25, 0.3) is 5.56 Å². The molecular weight excluding hydrogens is 348 g/mol. The van der Waals surface area contributed by atoms with Gasteiger partial charge >= 0.3 is 5.97 Å². The lowest BCUT2D eigenvalue weighted by atomic mass is 10.1. The van der Waals surface area contributed by atoms with E-state index in [1.165, 1.54) is 10.5 Å². The fourth-order valence-electron chi connectivity index (χ4n) is 2.49. The van der Waals surface area contributed by atoms with Crippen LogP contribution in [0.5, 0.6) is 0 Å². The van der Waals surface area contributed by atoms with Crippen molar-refractivity contribution in [3.8, 4) is 0 Å². The Hall–Kier alpha value is -1.95. The van der Waals surface area contributed by atoms with Crippen LogP contribution in [0, 0.1) is 5.92 Å². The standard InChI is InChI=1S/C16H15BrN2O3/c17-12-5-6-14-18-13(8-15(20)19(14)9-12)10-22-16(21)7-11-3-1-2-4-11/h1,3,5-6,8-9,11H,2,4,7,10H2/t11-/m1/s1. The lowest BCUT2D eigenvalue weighted by Crippen LogP contribution is -2.17. The van der Waals surface area contributed by atoms with Gasteiger partial charge in [-0.15, -0.1) is 0 Å². The number of hydrogen-bond acceptors (Lipinski definition) is 4. The second-order valence-corrected chi connectivity index (χ2v) is 6.21. The van der Waals surface area contributed by atoms with Crippen molar-refractivity contribution in [3.63, 3.8) is 0 Å². The molecular formula is C16H15BrN2O3. The van der Waals surface area contributed by atoms with Crippen LogP contribution in [0.3, 0.4) is 0 Å². The van der Waals surface area contributed by atoms with Crippen LogP contribution in [0.4, 0.5) is 0 Å². The third-order valence-corrected chi connectivity index (χ3v) is 4.07. The number of carbonyl (C=O) groups is 1. The molecule has 1 aliphatic rings. The molecule has 0 N–H and O–H groups in total. The number of allylic oxidation sites excluding steroid dienone is 2. The summed E-state index contributed by atoms with van der Waals surface area (Å²) in [7, 11) is 0. The van der Waals surface area contributed by atoms with E-state index in [0.717, 1.165) is 17.3 Å². The van der Waals surface area contributed by atoms with Crippen molar-refractivity contribution in [2.45, 2.75) is 25.9 Å². The van der Waals surface area contributed by atoms with Crippen LogP contribution in [0.25, 0.3) is 5.65 Å². The zero-order valence-electron chi connectivity index (χ0n) is 11.9. The lowest BCUT2D eigenvalue weighted by molar-refractivity contribution is -0.145. The van der Waals surface area contributed by atoms with Crippen LogP contribution in [-0.2, 0) is 16.1 Å². The number of nitrogens with zero attached hydrogens (tertiary/aromatic N) is 2. The summed E-state index contributed by atoms with van der Waals surface area (Å²) in [6, 6.07) is 4.94. The van der Waals surface area contributed by atoms with E-state index in [0.29, 0.717) is 17.8 Å². The van der Waals surface area contributed by atoms with E-state index in [1.54, 1.807) is 12.3 Å². The minimum atomic E-state index is -0.255. The highest BCUT2D eigenvalue weighted by Gasteiger charge is 2.15. The van der Waals surface area contributed by atoms with Gasteiger partial charge < -0.3 is 4.74 Å². The predicted octanol–water partition coefficient (Wildman–Crippen LogP) is 2.86. The fourth-order valence-corrected chi connectivity index (χ4v) is 2.83. The molecule has 22 heavy (non-hydrogen) atoms. The van der Waals surface area contributed by atoms with E-state index in [-0.39, 0.29) is 24.1 Å². The van der Waals surface area contributed by atoms with E-state index in [4.69, 9.17) is 4.74 Å². The van der Waals surface area contributed by atoms with Crippen molar-refractivity contribution in [2.75, 3.05) is 0 Å². The second kappa shape index (κ2) is 6.44. The number of carbonyl (C=O) groups excluding carboxylic acids is 1. The number of pyridine rings is 1. The smallest absolute Gasteiger partial charge is 0.306 e. The van der Waals surface area contributed by atoms with Gasteiger partial charge in [-0.1, -0.05) is 12.2 Å². The third-order valence-electron chi connectivity index (χ3n) is 3.60. The molecule has 3 rings (SSSR count). The molecule has 5 nitrogen and oxygen atoms in total. The molecule has 0 radical (unpaired) electrons. The summed E-state index contributed by atoms with van der Waals surface area (Å²) in [5.74, 6) is 0.0226. The number of fused-ring (bicyclic) bond motifs is 1. The van der Waals surface area contributed by atoms with Crippen molar-refractivity contribution in [1.29, 1.82) is 0 Å². The minimum Gasteiger partial charge on any atom is -0.459 e. The van der Waals surface area contributed by atoms with Gasteiger partial charge in [-0.2, -0.15) is 0 Å². The molecule has 0 saturated carbocycles. The van der Waals surface area contributed by atoms with E-state index >= 15 is 0 Å². The molecule has 0 unspecified atom stereocenters. The van der Waals surface area contributed by atoms with E-state index in [2.05, 4.69) is 33.1 Å². The van der Waals surface area contributed by atoms with Crippen molar-refractivity contribution in [1.82, 2.24) is 9.38 Å². The van der Waals surface area contributed by atoms with Crippen LogP contribution in [-0.4, -0.2) is 15.4 Å². The first-order valence-corrected chi connectivity index (χ1v) is 7.91. The number of ether oxygens (including phenoxy) is 1. The highest BCUT2D eigenvalue weighted by Crippen LogP contribution is 2.20. The Morgan fingerprint density at radius 3 is 3.09 bits per heavy atom. The fraction of sp³-hybridized carbons (Fsp3) is 0.312. The minimum absolute atomic E-state index is 0.0249. The summed E-state index contributed by atoms with van der Waals surface area (Å²) in [5.41, 5.74) is 0.791. The van der Waals surface area contributed by atoms with Gasteiger partial charge in [0, 0.05) is 16.7 Å². The van der Waals surface area contributed by atoms with Gasteiger partial charge in [-0.3, -0.25) is 14.0 Å². The van der Waals surface area contributed by atoms with Gasteiger partial charge in [0.15, 0.2) is 0 Å². The molecule has 0 aliphatic heterocycles. The van der Waals surface area contributed by atoms with Crippen molar-refractivity contribution in [2.24, 2.45) is 5.92 Å². The van der Waals surface area contributed by atoms with E-state index in [1.807, 2.05) is 6.07 Å². The number of rotatable bonds is 4. The van der Waals surface area contributed by atoms with Crippen molar-refractivity contribution >= 4 is 27.5 Å². The first-order chi connectivity index (χ1) is 10.6. The molecule has 6 heteroatoms. The van der Waals surface area contributed by atoms with Crippen molar-refractivity contribution < 1.29 is 9.53 Å². The Morgan fingerprint density at radius 1 is 1.45 bits per heavy atom. The summed E-state index contributed by atoms with van der Waals surface area (Å²) >= 11 is 3.31. The third kappa shape index (κ3) is 3.44. The van der Waals surface area contributed by atoms with Crippen LogP contribution in [0.15, 0.2) is 45.8 Å². The molecule has 0 fully saturated rings. The molecule has 1 atom stereocenters. The highest BCUT2D eigenvalue weighted by molar-refractivity contribution is 9.10. The summed E-state index contributed by atoms with van der Waals surface area (Å²) in [6.45, 7) is 0.0249. The zero-order valence-corrected chi connectivity index (χ0v) is 13.5. The van der Waals surface area contributed by atoms with Gasteiger partial charge in [-0.05, 0) is 46.8 Å². The van der Waals surface area contributed by atoms with E-state index < -0.39 is 0 Å². The highest BCUT2D eigenvalue weighted by atomic mass is 79.9. The van der Waals surface area contributed by atoms with E-state index in [9.17, 15) is 9.59 Å². The Kier molecular flexibility index (Phi) is 4.38. The predicted molar refractivity (Wildman–Crippen MR) is 85.4 cm³/mol. The average molecular weight is 363 g/mol. The van der Waals surface area contributed by atoms with Crippen LogP contribution >= 0.6 is 15.9 Å². The first-order valence-electron chi connectivity index (χ1n) is 7.12. The maximum atomic E-state index is 12.0. The molecule has 0 bridgehead atoms. The average Bonchev–Trinajstić information content (AvgIpc) is 2.99. The Bertz CT molecular complexity index is 798. The Labute approximate surface area is 135 Å². The molecule has 2 aromatic heterocycles. The summed E-state index contributed by atoms with van der Waals surface area (Å²) in [6.07, 6.45) is 8.21. The zero-order chi connectivity index (χ0) is 15.5. The molecule has 2 heterocycles. The molecule has 0 amide bonds. The normalized spacial score (nSPS) is 17.0. The Morgan fingerprint density at radius 2 is 2.32 bits per heavy atom. The van der Waals surface area contributed by atoms with Gasteiger partial charge in [0.1, 0.15) is 12.3 Å². The summed E-state index contributed by atoms with van der Waals surface area (Å²) < 4.78 is 7.47.